The molecule has 0 aliphatic rings. The SMILES string of the molecule is CC(NC(=O)c1ccccc1Cl)C(=O)OCC(=O)Nc1cccc(Oc2ccccc2)c1. The molecule has 7 nitrogen and oxygen atoms in total. The molecule has 0 bridgehead atoms. The number of esters is 1. The first-order valence-corrected chi connectivity index (χ1v) is 10.1. The standard InChI is InChI=1S/C24H21ClN2O5/c1-16(26-23(29)20-12-5-6-13-21(20)25)24(30)31-15-22(28)27-17-8-7-11-19(14-17)32-18-9-3-2-4-10-18/h2-14,16H,15H2,1H3,(H,26,29)(H,27,28). The average molecular weight is 453 g/mol. The van der Waals surface area contributed by atoms with E-state index >= 15 is 0 Å². The van der Waals surface area contributed by atoms with E-state index in [2.05, 4.69) is 10.6 Å². The molecule has 0 radical (unpaired) electrons. The molecule has 1 unspecified atom stereocenters. The molecule has 2 amide bonds. The Labute approximate surface area is 190 Å². The summed E-state index contributed by atoms with van der Waals surface area (Å²) in [5.41, 5.74) is 0.726. The summed E-state index contributed by atoms with van der Waals surface area (Å²) in [4.78, 5) is 36.5. The van der Waals surface area contributed by atoms with Gasteiger partial charge in [-0.05, 0) is 43.3 Å². The van der Waals surface area contributed by atoms with Crippen LogP contribution >= 0.6 is 11.6 Å². The molecule has 0 aliphatic heterocycles. The van der Waals surface area contributed by atoms with Crippen molar-refractivity contribution in [2.75, 3.05) is 11.9 Å². The van der Waals surface area contributed by atoms with Crippen molar-refractivity contribution in [1.82, 2.24) is 5.32 Å². The van der Waals surface area contributed by atoms with Crippen molar-refractivity contribution in [3.63, 3.8) is 0 Å². The Balaban J connectivity index is 1.48. The first-order valence-electron chi connectivity index (χ1n) is 9.77. The Kier molecular flexibility index (Phi) is 7.83. The van der Waals surface area contributed by atoms with Gasteiger partial charge in [0.25, 0.3) is 11.8 Å². The number of ether oxygens (including phenoxy) is 2. The first kappa shape index (κ1) is 22.8. The second kappa shape index (κ2) is 11.0. The normalized spacial score (nSPS) is 11.2. The highest BCUT2D eigenvalue weighted by Crippen LogP contribution is 2.23. The number of rotatable bonds is 8. The largest absolute Gasteiger partial charge is 0.457 e. The lowest BCUT2D eigenvalue weighted by molar-refractivity contribution is -0.148. The molecule has 0 spiro atoms. The second-order valence-corrected chi connectivity index (χ2v) is 7.18. The van der Waals surface area contributed by atoms with Crippen molar-refractivity contribution in [3.8, 4) is 11.5 Å². The number of halogens is 1. The van der Waals surface area contributed by atoms with E-state index in [4.69, 9.17) is 21.1 Å². The number of nitrogens with one attached hydrogen (secondary N) is 2. The Hall–Kier alpha value is -3.84. The van der Waals surface area contributed by atoms with Crippen LogP contribution in [0.25, 0.3) is 0 Å². The van der Waals surface area contributed by atoms with Gasteiger partial charge in [0.15, 0.2) is 6.61 Å². The van der Waals surface area contributed by atoms with Gasteiger partial charge in [-0.1, -0.05) is 48.0 Å². The zero-order valence-corrected chi connectivity index (χ0v) is 18.0. The predicted molar refractivity (Wildman–Crippen MR) is 121 cm³/mol. The molecule has 3 aromatic carbocycles. The highest BCUT2D eigenvalue weighted by atomic mass is 35.5. The first-order chi connectivity index (χ1) is 15.4. The summed E-state index contributed by atoms with van der Waals surface area (Å²) in [6, 6.07) is 21.5. The van der Waals surface area contributed by atoms with E-state index in [0.717, 1.165) is 0 Å². The molecule has 3 rings (SSSR count). The van der Waals surface area contributed by atoms with Gasteiger partial charge in [0, 0.05) is 11.8 Å². The fraction of sp³-hybridized carbons (Fsp3) is 0.125. The Bertz CT molecular complexity index is 1100. The second-order valence-electron chi connectivity index (χ2n) is 6.77. The number of benzene rings is 3. The van der Waals surface area contributed by atoms with E-state index < -0.39 is 30.4 Å². The van der Waals surface area contributed by atoms with Gasteiger partial charge in [-0.3, -0.25) is 9.59 Å². The minimum Gasteiger partial charge on any atom is -0.457 e. The molecule has 1 atom stereocenters. The molecule has 0 saturated carbocycles. The van der Waals surface area contributed by atoms with Gasteiger partial charge in [-0.2, -0.15) is 0 Å². The number of hydrogen-bond acceptors (Lipinski definition) is 5. The maximum absolute atomic E-state index is 12.2. The quantitative estimate of drug-likeness (QED) is 0.493. The van der Waals surface area contributed by atoms with Crippen LogP contribution in [0.15, 0.2) is 78.9 Å². The van der Waals surface area contributed by atoms with Crippen LogP contribution in [0, 0.1) is 0 Å². The summed E-state index contributed by atoms with van der Waals surface area (Å²) in [6.45, 7) is 0.953. The van der Waals surface area contributed by atoms with Crippen molar-refractivity contribution in [2.24, 2.45) is 0 Å². The van der Waals surface area contributed by atoms with Crippen molar-refractivity contribution in [2.45, 2.75) is 13.0 Å². The highest BCUT2D eigenvalue weighted by Gasteiger charge is 2.20. The number of carbonyl (C=O) groups excluding carboxylic acids is 3. The van der Waals surface area contributed by atoms with Gasteiger partial charge >= 0.3 is 5.97 Å². The molecule has 32 heavy (non-hydrogen) atoms. The summed E-state index contributed by atoms with van der Waals surface area (Å²) >= 11 is 5.98. The molecule has 8 heteroatoms. The molecular weight excluding hydrogens is 432 g/mol. The van der Waals surface area contributed by atoms with Crippen LogP contribution in [0.2, 0.25) is 5.02 Å². The third kappa shape index (κ3) is 6.58. The Morgan fingerprint density at radius 3 is 2.34 bits per heavy atom. The van der Waals surface area contributed by atoms with Crippen LogP contribution in [0.3, 0.4) is 0 Å². The highest BCUT2D eigenvalue weighted by molar-refractivity contribution is 6.33. The number of hydrogen-bond donors (Lipinski definition) is 2. The van der Waals surface area contributed by atoms with Crippen molar-refractivity contribution >= 4 is 35.1 Å². The van der Waals surface area contributed by atoms with Gasteiger partial charge in [0.05, 0.1) is 10.6 Å². The number of amides is 2. The van der Waals surface area contributed by atoms with E-state index in [-0.39, 0.29) is 10.6 Å². The van der Waals surface area contributed by atoms with Gasteiger partial charge in [-0.15, -0.1) is 0 Å². The fourth-order valence-electron chi connectivity index (χ4n) is 2.70. The Morgan fingerprint density at radius 2 is 1.59 bits per heavy atom. The topological polar surface area (TPSA) is 93.7 Å². The molecule has 164 valence electrons. The lowest BCUT2D eigenvalue weighted by Gasteiger charge is -2.14. The van der Waals surface area contributed by atoms with Gasteiger partial charge in [0.1, 0.15) is 17.5 Å². The molecule has 0 aliphatic carbocycles. The number of anilines is 1. The van der Waals surface area contributed by atoms with Crippen LogP contribution in [0.4, 0.5) is 5.69 Å². The fourth-order valence-corrected chi connectivity index (χ4v) is 2.92. The van der Waals surface area contributed by atoms with E-state index in [9.17, 15) is 14.4 Å². The van der Waals surface area contributed by atoms with Crippen molar-refractivity contribution in [3.05, 3.63) is 89.4 Å². The molecule has 0 heterocycles. The molecular formula is C24H21ClN2O5. The van der Waals surface area contributed by atoms with Crippen LogP contribution in [-0.4, -0.2) is 30.4 Å². The van der Waals surface area contributed by atoms with Gasteiger partial charge in [0.2, 0.25) is 0 Å². The van der Waals surface area contributed by atoms with Crippen molar-refractivity contribution in [1.29, 1.82) is 0 Å². The summed E-state index contributed by atoms with van der Waals surface area (Å²) < 4.78 is 10.7. The monoisotopic (exact) mass is 452 g/mol. The maximum Gasteiger partial charge on any atom is 0.328 e. The Morgan fingerprint density at radius 1 is 0.906 bits per heavy atom. The predicted octanol–water partition coefficient (Wildman–Crippen LogP) is 4.43. The third-order valence-corrected chi connectivity index (χ3v) is 4.59. The number of para-hydroxylation sites is 1. The zero-order chi connectivity index (χ0) is 22.9. The summed E-state index contributed by atoms with van der Waals surface area (Å²) in [5.74, 6) is -0.582. The molecule has 0 saturated heterocycles. The number of carbonyl (C=O) groups is 3. The van der Waals surface area contributed by atoms with E-state index in [0.29, 0.717) is 17.2 Å². The lowest BCUT2D eigenvalue weighted by atomic mass is 10.2. The summed E-state index contributed by atoms with van der Waals surface area (Å²) in [7, 11) is 0. The summed E-state index contributed by atoms with van der Waals surface area (Å²) in [5, 5.41) is 5.40. The lowest BCUT2D eigenvalue weighted by Crippen LogP contribution is -2.40. The van der Waals surface area contributed by atoms with Crippen molar-refractivity contribution < 1.29 is 23.9 Å². The van der Waals surface area contributed by atoms with Crippen LogP contribution in [-0.2, 0) is 14.3 Å². The molecule has 0 aromatic heterocycles. The molecule has 2 N–H and O–H groups in total. The minimum absolute atomic E-state index is 0.240. The van der Waals surface area contributed by atoms with Crippen LogP contribution < -0.4 is 15.4 Å². The minimum atomic E-state index is -0.964. The van der Waals surface area contributed by atoms with Crippen LogP contribution in [0.1, 0.15) is 17.3 Å². The smallest absolute Gasteiger partial charge is 0.328 e. The van der Waals surface area contributed by atoms with Gasteiger partial charge < -0.3 is 20.1 Å². The van der Waals surface area contributed by atoms with E-state index in [1.165, 1.54) is 6.92 Å². The van der Waals surface area contributed by atoms with E-state index in [1.54, 1.807) is 48.5 Å². The van der Waals surface area contributed by atoms with E-state index in [1.807, 2.05) is 30.3 Å². The van der Waals surface area contributed by atoms with Gasteiger partial charge in [-0.25, -0.2) is 4.79 Å². The third-order valence-electron chi connectivity index (χ3n) is 4.26. The molecule has 3 aromatic rings. The average Bonchev–Trinajstić information content (AvgIpc) is 2.78. The zero-order valence-electron chi connectivity index (χ0n) is 17.2. The summed E-state index contributed by atoms with van der Waals surface area (Å²) in [6.07, 6.45) is 0. The van der Waals surface area contributed by atoms with Crippen LogP contribution in [0.5, 0.6) is 11.5 Å². The maximum atomic E-state index is 12.2. The molecule has 0 fully saturated rings.